The van der Waals surface area contributed by atoms with E-state index in [2.05, 4.69) is 36.2 Å². The van der Waals surface area contributed by atoms with Crippen LogP contribution in [-0.2, 0) is 13.0 Å². The number of nitrogens with zero attached hydrogens (tertiary/aromatic N) is 5. The normalized spacial score (nSPS) is 15.7. The number of thiazole rings is 1. The first-order valence-corrected chi connectivity index (χ1v) is 10.3. The molecule has 27 heavy (non-hydrogen) atoms. The van der Waals surface area contributed by atoms with Gasteiger partial charge in [0.25, 0.3) is 0 Å². The Labute approximate surface area is 167 Å². The maximum Gasteiger partial charge on any atom is 0.188 e. The van der Waals surface area contributed by atoms with Gasteiger partial charge in [-0.05, 0) is 44.3 Å². The molecule has 0 radical (unpaired) electrons. The molecular weight excluding hydrogens is 380 g/mol. The Morgan fingerprint density at radius 1 is 1.15 bits per heavy atom. The predicted molar refractivity (Wildman–Crippen MR) is 108 cm³/mol. The summed E-state index contributed by atoms with van der Waals surface area (Å²) in [5.41, 5.74) is 2.18. The molecule has 0 saturated carbocycles. The van der Waals surface area contributed by atoms with Gasteiger partial charge in [-0.15, -0.1) is 11.3 Å². The van der Waals surface area contributed by atoms with Crippen molar-refractivity contribution in [2.75, 3.05) is 18.4 Å². The summed E-state index contributed by atoms with van der Waals surface area (Å²) in [7, 11) is 0. The average molecular weight is 401 g/mol. The van der Waals surface area contributed by atoms with Crippen LogP contribution in [0.5, 0.6) is 0 Å². The van der Waals surface area contributed by atoms with Gasteiger partial charge < -0.3 is 5.32 Å². The molecule has 1 aliphatic heterocycles. The maximum absolute atomic E-state index is 6.18. The van der Waals surface area contributed by atoms with Crippen molar-refractivity contribution in [3.63, 3.8) is 0 Å². The van der Waals surface area contributed by atoms with E-state index in [9.17, 15) is 0 Å². The summed E-state index contributed by atoms with van der Waals surface area (Å²) in [6.45, 7) is 3.02. The van der Waals surface area contributed by atoms with Crippen molar-refractivity contribution in [3.8, 4) is 0 Å². The van der Waals surface area contributed by atoms with Crippen LogP contribution in [0.15, 0.2) is 42.3 Å². The molecular formula is C19H21ClN6S. The third-order valence-electron chi connectivity index (χ3n) is 4.83. The second kappa shape index (κ2) is 8.73. The minimum atomic E-state index is 0.612. The molecule has 3 aromatic rings. The van der Waals surface area contributed by atoms with Gasteiger partial charge in [0.05, 0.1) is 0 Å². The highest BCUT2D eigenvalue weighted by molar-refractivity contribution is 7.13. The number of hydrogen-bond acceptors (Lipinski definition) is 7. The van der Waals surface area contributed by atoms with Gasteiger partial charge in [0.2, 0.25) is 0 Å². The van der Waals surface area contributed by atoms with E-state index in [1.807, 2.05) is 17.5 Å². The van der Waals surface area contributed by atoms with Crippen molar-refractivity contribution in [3.05, 3.63) is 58.7 Å². The SMILES string of the molecule is Clc1ncccc1CN1CCC(Cc2cc(Nc3nccs3)ncn2)CC1. The molecule has 0 aliphatic carbocycles. The lowest BCUT2D eigenvalue weighted by Gasteiger charge is -2.32. The summed E-state index contributed by atoms with van der Waals surface area (Å²) in [4.78, 5) is 19.6. The first kappa shape index (κ1) is 18.3. The molecule has 4 heterocycles. The number of anilines is 2. The van der Waals surface area contributed by atoms with Crippen LogP contribution >= 0.6 is 22.9 Å². The van der Waals surface area contributed by atoms with E-state index in [0.29, 0.717) is 11.1 Å². The lowest BCUT2D eigenvalue weighted by Crippen LogP contribution is -2.34. The summed E-state index contributed by atoms with van der Waals surface area (Å²) < 4.78 is 0. The Morgan fingerprint density at radius 3 is 2.81 bits per heavy atom. The molecule has 0 aromatic carbocycles. The summed E-state index contributed by atoms with van der Waals surface area (Å²) >= 11 is 7.74. The second-order valence-corrected chi connectivity index (χ2v) is 7.99. The molecule has 1 aliphatic rings. The smallest absolute Gasteiger partial charge is 0.188 e. The largest absolute Gasteiger partial charge is 0.316 e. The first-order chi connectivity index (χ1) is 13.3. The monoisotopic (exact) mass is 400 g/mol. The van der Waals surface area contributed by atoms with Gasteiger partial charge >= 0.3 is 0 Å². The summed E-state index contributed by atoms with van der Waals surface area (Å²) in [5, 5.41) is 6.63. The van der Waals surface area contributed by atoms with Crippen molar-refractivity contribution in [2.45, 2.75) is 25.8 Å². The molecule has 1 fully saturated rings. The van der Waals surface area contributed by atoms with Crippen molar-refractivity contribution in [1.82, 2.24) is 24.8 Å². The zero-order valence-corrected chi connectivity index (χ0v) is 16.5. The Bertz CT molecular complexity index is 864. The Kier molecular flexibility index (Phi) is 5.91. The fourth-order valence-electron chi connectivity index (χ4n) is 3.39. The van der Waals surface area contributed by atoms with Gasteiger partial charge in [0, 0.05) is 41.6 Å². The van der Waals surface area contributed by atoms with Gasteiger partial charge in [-0.3, -0.25) is 4.90 Å². The fraction of sp³-hybridized carbons (Fsp3) is 0.368. The summed E-state index contributed by atoms with van der Waals surface area (Å²) in [6, 6.07) is 6.03. The highest BCUT2D eigenvalue weighted by Crippen LogP contribution is 2.24. The average Bonchev–Trinajstić information content (AvgIpc) is 3.18. The van der Waals surface area contributed by atoms with Crippen LogP contribution in [0.2, 0.25) is 5.15 Å². The lowest BCUT2D eigenvalue weighted by molar-refractivity contribution is 0.176. The number of halogens is 1. The number of likely N-dealkylation sites (tertiary alicyclic amines) is 1. The van der Waals surface area contributed by atoms with Gasteiger partial charge in [0.1, 0.15) is 17.3 Å². The van der Waals surface area contributed by atoms with E-state index in [4.69, 9.17) is 11.6 Å². The third kappa shape index (κ3) is 5.00. The van der Waals surface area contributed by atoms with E-state index >= 15 is 0 Å². The number of nitrogens with one attached hydrogen (secondary N) is 1. The minimum absolute atomic E-state index is 0.612. The molecule has 4 rings (SSSR count). The number of hydrogen-bond donors (Lipinski definition) is 1. The van der Waals surface area contributed by atoms with Crippen LogP contribution in [0, 0.1) is 5.92 Å². The van der Waals surface area contributed by atoms with Gasteiger partial charge in [-0.1, -0.05) is 17.7 Å². The molecule has 140 valence electrons. The van der Waals surface area contributed by atoms with Crippen LogP contribution in [0.1, 0.15) is 24.1 Å². The van der Waals surface area contributed by atoms with Crippen molar-refractivity contribution in [1.29, 1.82) is 0 Å². The number of pyridine rings is 1. The molecule has 0 unspecified atom stereocenters. The zero-order valence-electron chi connectivity index (χ0n) is 14.9. The molecule has 1 N–H and O–H groups in total. The Morgan fingerprint density at radius 2 is 2.04 bits per heavy atom. The molecule has 0 amide bonds. The van der Waals surface area contributed by atoms with Gasteiger partial charge in [-0.25, -0.2) is 19.9 Å². The lowest BCUT2D eigenvalue weighted by atomic mass is 9.92. The quantitative estimate of drug-likeness (QED) is 0.626. The standard InChI is InChI=1S/C19H21ClN6S/c20-18-15(2-1-5-21-18)12-26-7-3-14(4-8-26)10-16-11-17(24-13-23-16)25-19-22-6-9-27-19/h1-2,5-6,9,11,13-14H,3-4,7-8,10,12H2,(H,22,23,24,25). The van der Waals surface area contributed by atoms with E-state index < -0.39 is 0 Å². The van der Waals surface area contributed by atoms with Crippen molar-refractivity contribution < 1.29 is 0 Å². The third-order valence-corrected chi connectivity index (χ3v) is 5.86. The van der Waals surface area contributed by atoms with Crippen LogP contribution in [0.25, 0.3) is 0 Å². The molecule has 0 bridgehead atoms. The number of piperidine rings is 1. The van der Waals surface area contributed by atoms with Gasteiger partial charge in [-0.2, -0.15) is 0 Å². The summed E-state index contributed by atoms with van der Waals surface area (Å²) in [6.07, 6.45) is 8.45. The Balaban J connectivity index is 1.30. The molecule has 6 nitrogen and oxygen atoms in total. The number of aromatic nitrogens is 4. The van der Waals surface area contributed by atoms with Crippen molar-refractivity contribution in [2.24, 2.45) is 5.92 Å². The van der Waals surface area contributed by atoms with Crippen LogP contribution in [0.4, 0.5) is 10.9 Å². The molecule has 0 spiro atoms. The minimum Gasteiger partial charge on any atom is -0.316 e. The van der Waals surface area contributed by atoms with E-state index in [1.54, 1.807) is 30.1 Å². The molecule has 0 atom stereocenters. The van der Waals surface area contributed by atoms with E-state index in [0.717, 1.165) is 61.1 Å². The Hall–Kier alpha value is -2.09. The van der Waals surface area contributed by atoms with Crippen LogP contribution in [0.3, 0.4) is 0 Å². The van der Waals surface area contributed by atoms with Crippen LogP contribution < -0.4 is 5.32 Å². The first-order valence-electron chi connectivity index (χ1n) is 9.05. The maximum atomic E-state index is 6.18. The van der Waals surface area contributed by atoms with E-state index in [-0.39, 0.29) is 0 Å². The van der Waals surface area contributed by atoms with Crippen LogP contribution in [-0.4, -0.2) is 37.9 Å². The zero-order chi connectivity index (χ0) is 18.5. The second-order valence-electron chi connectivity index (χ2n) is 6.73. The fourth-order valence-corrected chi connectivity index (χ4v) is 4.11. The molecule has 3 aromatic heterocycles. The molecule has 1 saturated heterocycles. The summed E-state index contributed by atoms with van der Waals surface area (Å²) in [5.74, 6) is 1.45. The highest BCUT2D eigenvalue weighted by Gasteiger charge is 2.21. The highest BCUT2D eigenvalue weighted by atomic mass is 35.5. The van der Waals surface area contributed by atoms with Crippen molar-refractivity contribution >= 4 is 33.9 Å². The van der Waals surface area contributed by atoms with Gasteiger partial charge in [0.15, 0.2) is 5.13 Å². The topological polar surface area (TPSA) is 66.8 Å². The molecule has 8 heteroatoms. The number of rotatable bonds is 6. The predicted octanol–water partition coefficient (Wildman–Crippen LogP) is 4.18. The van der Waals surface area contributed by atoms with E-state index in [1.165, 1.54) is 0 Å².